The molecule has 1 amide bonds. The highest BCUT2D eigenvalue weighted by atomic mass is 35.5. The highest BCUT2D eigenvalue weighted by Crippen LogP contribution is 2.34. The Labute approximate surface area is 210 Å². The minimum atomic E-state index is 0.0252. The third-order valence-corrected chi connectivity index (χ3v) is 7.46. The van der Waals surface area contributed by atoms with Crippen molar-refractivity contribution < 1.29 is 9.53 Å². The van der Waals surface area contributed by atoms with Gasteiger partial charge in [0.15, 0.2) is 0 Å². The summed E-state index contributed by atoms with van der Waals surface area (Å²) in [4.78, 5) is 28.9. The van der Waals surface area contributed by atoms with E-state index in [1.54, 1.807) is 13.3 Å². The molecule has 0 unspecified atom stereocenters. The number of carbonyl (C=O) groups excluding carboxylic acids is 1. The number of nitrogens with zero attached hydrogens (tertiary/aromatic N) is 4. The maximum Gasteiger partial charge on any atom is 0.246 e. The van der Waals surface area contributed by atoms with Crippen molar-refractivity contribution in [2.75, 3.05) is 38.6 Å². The number of rotatable bonds is 6. The molecule has 0 spiro atoms. The number of benzene rings is 1. The number of anilines is 1. The number of nitrogens with one attached hydrogen (secondary N) is 2. The molecule has 0 bridgehead atoms. The zero-order chi connectivity index (χ0) is 24.4. The lowest BCUT2D eigenvalue weighted by Gasteiger charge is -2.42. The Kier molecular flexibility index (Phi) is 6.92. The van der Waals surface area contributed by atoms with E-state index in [-0.39, 0.29) is 5.91 Å². The average Bonchev–Trinajstić information content (AvgIpc) is 3.32. The Morgan fingerprint density at radius 1 is 1.29 bits per heavy atom. The van der Waals surface area contributed by atoms with E-state index in [9.17, 15) is 4.79 Å². The van der Waals surface area contributed by atoms with Crippen LogP contribution < -0.4 is 10.1 Å². The van der Waals surface area contributed by atoms with Gasteiger partial charge in [-0.1, -0.05) is 18.2 Å². The summed E-state index contributed by atoms with van der Waals surface area (Å²) in [5, 5.41) is 5.08. The van der Waals surface area contributed by atoms with E-state index >= 15 is 0 Å². The van der Waals surface area contributed by atoms with Gasteiger partial charge in [0.05, 0.1) is 24.0 Å². The second-order valence-electron chi connectivity index (χ2n) is 9.23. The van der Waals surface area contributed by atoms with Gasteiger partial charge in [-0.3, -0.25) is 9.69 Å². The Morgan fingerprint density at radius 2 is 2.11 bits per heavy atom. The lowest BCUT2D eigenvalue weighted by Crippen LogP contribution is -2.53. The SMILES string of the molecule is C=CC(=O)N1CCN([C@H]2CCC[C@@H](Nc3ncc(Cl)c(-c4c[nH]c5ccc(OC)cc45)n3)C2)CC1. The fourth-order valence-corrected chi connectivity index (χ4v) is 5.49. The maximum atomic E-state index is 11.9. The summed E-state index contributed by atoms with van der Waals surface area (Å²) >= 11 is 6.53. The molecular formula is C26H31ClN6O2. The molecule has 2 fully saturated rings. The van der Waals surface area contributed by atoms with Crippen molar-refractivity contribution in [1.29, 1.82) is 0 Å². The first-order valence-corrected chi connectivity index (χ1v) is 12.5. The second-order valence-corrected chi connectivity index (χ2v) is 9.64. The van der Waals surface area contributed by atoms with Crippen LogP contribution in [0, 0.1) is 0 Å². The Bertz CT molecular complexity index is 1220. The normalized spacial score (nSPS) is 21.1. The Hall–Kier alpha value is -3.10. The number of carbonyl (C=O) groups is 1. The van der Waals surface area contributed by atoms with Crippen LogP contribution in [-0.2, 0) is 4.79 Å². The van der Waals surface area contributed by atoms with E-state index in [1.165, 1.54) is 12.5 Å². The van der Waals surface area contributed by atoms with Crippen molar-refractivity contribution in [3.8, 4) is 17.0 Å². The van der Waals surface area contributed by atoms with Crippen molar-refractivity contribution in [2.45, 2.75) is 37.8 Å². The molecule has 0 radical (unpaired) electrons. The maximum absolute atomic E-state index is 11.9. The van der Waals surface area contributed by atoms with Gasteiger partial charge in [-0.15, -0.1) is 0 Å². The molecule has 1 saturated carbocycles. The van der Waals surface area contributed by atoms with Gasteiger partial charge in [0.1, 0.15) is 5.75 Å². The number of fused-ring (bicyclic) bond motifs is 1. The molecule has 3 aromatic rings. The predicted molar refractivity (Wildman–Crippen MR) is 139 cm³/mol. The van der Waals surface area contributed by atoms with Crippen molar-refractivity contribution in [1.82, 2.24) is 24.8 Å². The molecule has 1 aliphatic heterocycles. The van der Waals surface area contributed by atoms with Crippen molar-refractivity contribution in [2.24, 2.45) is 0 Å². The molecule has 2 aliphatic rings. The number of hydrogen-bond acceptors (Lipinski definition) is 6. The van der Waals surface area contributed by atoms with E-state index in [4.69, 9.17) is 21.3 Å². The minimum absolute atomic E-state index is 0.0252. The quantitative estimate of drug-likeness (QED) is 0.496. The molecule has 3 heterocycles. The van der Waals surface area contributed by atoms with Crippen LogP contribution in [0.1, 0.15) is 25.7 Å². The van der Waals surface area contributed by atoms with Crippen LogP contribution in [0.5, 0.6) is 5.75 Å². The summed E-state index contributed by atoms with van der Waals surface area (Å²) < 4.78 is 5.40. The summed E-state index contributed by atoms with van der Waals surface area (Å²) in [6, 6.07) is 6.68. The number of methoxy groups -OCH3 is 1. The topological polar surface area (TPSA) is 86.4 Å². The Balaban J connectivity index is 1.28. The molecule has 8 nitrogen and oxygen atoms in total. The highest BCUT2D eigenvalue weighted by molar-refractivity contribution is 6.33. The zero-order valence-corrected chi connectivity index (χ0v) is 20.7. The Morgan fingerprint density at radius 3 is 2.89 bits per heavy atom. The molecular weight excluding hydrogens is 464 g/mol. The third-order valence-electron chi connectivity index (χ3n) is 7.18. The van der Waals surface area contributed by atoms with E-state index in [0.717, 1.165) is 67.7 Å². The zero-order valence-electron chi connectivity index (χ0n) is 20.0. The van der Waals surface area contributed by atoms with Crippen molar-refractivity contribution in [3.63, 3.8) is 0 Å². The van der Waals surface area contributed by atoms with E-state index in [1.807, 2.05) is 29.3 Å². The van der Waals surface area contributed by atoms with Gasteiger partial charge in [0.2, 0.25) is 11.9 Å². The van der Waals surface area contributed by atoms with Crippen LogP contribution in [-0.4, -0.2) is 76.0 Å². The standard InChI is InChI=1S/C26H31ClN6O2/c1-3-24(34)33-11-9-32(10-12-33)18-6-4-5-17(13-18)30-26-29-16-22(27)25(31-26)21-15-28-23-8-7-19(35-2)14-20(21)23/h3,7-8,14-18,28H,1,4-6,9-13H2,2H3,(H,29,30,31)/t17-,18+/m1/s1. The molecule has 184 valence electrons. The second kappa shape index (κ2) is 10.3. The van der Waals surface area contributed by atoms with Gasteiger partial charge in [0.25, 0.3) is 0 Å². The first-order valence-electron chi connectivity index (χ1n) is 12.2. The average molecular weight is 495 g/mol. The molecule has 35 heavy (non-hydrogen) atoms. The highest BCUT2D eigenvalue weighted by Gasteiger charge is 2.30. The van der Waals surface area contributed by atoms with Crippen LogP contribution in [0.2, 0.25) is 5.02 Å². The molecule has 5 rings (SSSR count). The fourth-order valence-electron chi connectivity index (χ4n) is 5.29. The third kappa shape index (κ3) is 4.99. The van der Waals surface area contributed by atoms with Crippen molar-refractivity contribution in [3.05, 3.63) is 48.3 Å². The number of piperazine rings is 1. The van der Waals surface area contributed by atoms with Gasteiger partial charge >= 0.3 is 0 Å². The minimum Gasteiger partial charge on any atom is -0.497 e. The molecule has 2 atom stereocenters. The molecule has 1 aromatic carbocycles. The van der Waals surface area contributed by atoms with Crippen LogP contribution in [0.3, 0.4) is 0 Å². The van der Waals surface area contributed by atoms with Gasteiger partial charge in [-0.25, -0.2) is 9.97 Å². The summed E-state index contributed by atoms with van der Waals surface area (Å²) in [5.74, 6) is 1.40. The van der Waals surface area contributed by atoms with E-state index in [0.29, 0.717) is 28.7 Å². The predicted octanol–water partition coefficient (Wildman–Crippen LogP) is 4.34. The summed E-state index contributed by atoms with van der Waals surface area (Å²) in [5.41, 5.74) is 2.61. The van der Waals surface area contributed by atoms with Gasteiger partial charge < -0.3 is 19.9 Å². The largest absolute Gasteiger partial charge is 0.497 e. The molecule has 2 N–H and O–H groups in total. The van der Waals surface area contributed by atoms with E-state index in [2.05, 4.69) is 26.8 Å². The number of halogens is 1. The monoisotopic (exact) mass is 494 g/mol. The smallest absolute Gasteiger partial charge is 0.246 e. The lowest BCUT2D eigenvalue weighted by atomic mass is 9.89. The van der Waals surface area contributed by atoms with Crippen LogP contribution >= 0.6 is 11.6 Å². The summed E-state index contributed by atoms with van der Waals surface area (Å²) in [6.07, 6.45) is 9.44. The van der Waals surface area contributed by atoms with E-state index < -0.39 is 0 Å². The van der Waals surface area contributed by atoms with Crippen LogP contribution in [0.4, 0.5) is 5.95 Å². The number of hydrogen-bond donors (Lipinski definition) is 2. The molecule has 9 heteroatoms. The molecule has 1 aliphatic carbocycles. The summed E-state index contributed by atoms with van der Waals surface area (Å²) in [7, 11) is 1.66. The number of aromatic amines is 1. The number of ether oxygens (including phenoxy) is 1. The van der Waals surface area contributed by atoms with Crippen molar-refractivity contribution >= 4 is 34.4 Å². The van der Waals surface area contributed by atoms with Crippen LogP contribution in [0.15, 0.2) is 43.2 Å². The molecule has 2 aromatic heterocycles. The molecule has 1 saturated heterocycles. The van der Waals surface area contributed by atoms with Gasteiger partial charge in [0, 0.05) is 60.9 Å². The first kappa shape index (κ1) is 23.6. The number of H-pyrrole nitrogens is 1. The van der Waals surface area contributed by atoms with Gasteiger partial charge in [-0.2, -0.15) is 0 Å². The number of aromatic nitrogens is 3. The van der Waals surface area contributed by atoms with Gasteiger partial charge in [-0.05, 0) is 50.0 Å². The van der Waals surface area contributed by atoms with Crippen LogP contribution in [0.25, 0.3) is 22.2 Å². The first-order chi connectivity index (χ1) is 17.1. The summed E-state index contributed by atoms with van der Waals surface area (Å²) in [6.45, 7) is 6.94. The lowest BCUT2D eigenvalue weighted by molar-refractivity contribution is -0.128. The fraction of sp³-hybridized carbons (Fsp3) is 0.423. The number of amides is 1.